The third-order valence-electron chi connectivity index (χ3n) is 5.02. The number of carbonyl (C=O) groups is 1. The van der Waals surface area contributed by atoms with Crippen LogP contribution < -0.4 is 9.47 Å². The second-order valence-electron chi connectivity index (χ2n) is 7.52. The first-order chi connectivity index (χ1) is 13.0. The second-order valence-corrected chi connectivity index (χ2v) is 7.52. The van der Waals surface area contributed by atoms with Gasteiger partial charge in [0.05, 0.1) is 6.54 Å². The van der Waals surface area contributed by atoms with Crippen LogP contribution in [0.15, 0.2) is 18.2 Å². The summed E-state index contributed by atoms with van der Waals surface area (Å²) in [7, 11) is 3.47. The van der Waals surface area contributed by atoms with Crippen LogP contribution in [0, 0.1) is 5.92 Å². The molecule has 2 aliphatic rings. The Labute approximate surface area is 158 Å². The lowest BCUT2D eigenvalue weighted by atomic mass is 10.00. The van der Waals surface area contributed by atoms with E-state index >= 15 is 0 Å². The van der Waals surface area contributed by atoms with Crippen molar-refractivity contribution in [3.05, 3.63) is 35.4 Å². The van der Waals surface area contributed by atoms with Gasteiger partial charge in [0, 0.05) is 33.7 Å². The van der Waals surface area contributed by atoms with Gasteiger partial charge in [0.2, 0.25) is 12.6 Å². The predicted molar refractivity (Wildman–Crippen MR) is 98.7 cm³/mol. The van der Waals surface area contributed by atoms with E-state index in [1.807, 2.05) is 10.6 Å². The molecule has 0 saturated carbocycles. The molecule has 0 fully saturated rings. The molecule has 0 bridgehead atoms. The summed E-state index contributed by atoms with van der Waals surface area (Å²) in [6.07, 6.45) is 0.976. The number of hydrogen-bond acceptors (Lipinski definition) is 6. The fourth-order valence-electron chi connectivity index (χ4n) is 3.70. The van der Waals surface area contributed by atoms with Crippen molar-refractivity contribution in [3.8, 4) is 11.5 Å². The largest absolute Gasteiger partial charge is 0.454 e. The maximum Gasteiger partial charge on any atom is 0.291 e. The van der Waals surface area contributed by atoms with E-state index in [-0.39, 0.29) is 5.91 Å². The highest BCUT2D eigenvalue weighted by atomic mass is 16.7. The number of benzene rings is 1. The molecule has 2 aliphatic heterocycles. The molecular weight excluding hydrogens is 346 g/mol. The molecule has 3 heterocycles. The molecule has 0 radical (unpaired) electrons. The number of nitrogens with zero attached hydrogens (tertiary/aromatic N) is 5. The smallest absolute Gasteiger partial charge is 0.291 e. The van der Waals surface area contributed by atoms with Gasteiger partial charge in [-0.25, -0.2) is 0 Å². The van der Waals surface area contributed by atoms with Gasteiger partial charge in [-0.2, -0.15) is 0 Å². The number of amides is 1. The highest BCUT2D eigenvalue weighted by Gasteiger charge is 2.26. The lowest BCUT2D eigenvalue weighted by molar-refractivity contribution is 0.0805. The number of rotatable bonds is 5. The molecule has 144 valence electrons. The van der Waals surface area contributed by atoms with Crippen LogP contribution in [0.2, 0.25) is 0 Å². The van der Waals surface area contributed by atoms with Gasteiger partial charge in [-0.1, -0.05) is 13.0 Å². The Hall–Kier alpha value is -2.61. The molecule has 2 aromatic rings. The third kappa shape index (κ3) is 3.62. The SMILES string of the molecule is CC(Cc1ccc2c(c1)OCO2)CN1CCn2c(nnc2C(=O)N(C)C)C1. The topological polar surface area (TPSA) is 72.7 Å². The lowest BCUT2D eigenvalue weighted by Gasteiger charge is -2.30. The molecule has 1 aromatic carbocycles. The summed E-state index contributed by atoms with van der Waals surface area (Å²) in [5, 5.41) is 8.34. The van der Waals surface area contributed by atoms with Gasteiger partial charge in [0.1, 0.15) is 5.82 Å². The zero-order chi connectivity index (χ0) is 19.0. The summed E-state index contributed by atoms with van der Waals surface area (Å²) in [6.45, 7) is 5.89. The zero-order valence-corrected chi connectivity index (χ0v) is 16.0. The first kappa shape index (κ1) is 17.8. The fourth-order valence-corrected chi connectivity index (χ4v) is 3.70. The van der Waals surface area contributed by atoms with E-state index in [0.717, 1.165) is 49.9 Å². The maximum atomic E-state index is 12.2. The molecule has 8 heteroatoms. The van der Waals surface area contributed by atoms with Crippen molar-refractivity contribution >= 4 is 5.91 Å². The third-order valence-corrected chi connectivity index (χ3v) is 5.02. The van der Waals surface area contributed by atoms with E-state index in [9.17, 15) is 4.79 Å². The summed E-state index contributed by atoms with van der Waals surface area (Å²) in [6, 6.07) is 6.16. The van der Waals surface area contributed by atoms with Gasteiger partial charge >= 0.3 is 0 Å². The predicted octanol–water partition coefficient (Wildman–Crippen LogP) is 1.40. The van der Waals surface area contributed by atoms with E-state index in [4.69, 9.17) is 9.47 Å². The summed E-state index contributed by atoms with van der Waals surface area (Å²) in [5.41, 5.74) is 1.26. The van der Waals surface area contributed by atoms with Crippen LogP contribution in [-0.2, 0) is 19.5 Å². The Morgan fingerprint density at radius 2 is 2.04 bits per heavy atom. The molecule has 1 amide bonds. The molecule has 4 rings (SSSR count). The van der Waals surface area contributed by atoms with Crippen molar-refractivity contribution < 1.29 is 14.3 Å². The van der Waals surface area contributed by atoms with Crippen LogP contribution in [0.5, 0.6) is 11.5 Å². The Bertz CT molecular complexity index is 848. The van der Waals surface area contributed by atoms with Gasteiger partial charge < -0.3 is 18.9 Å². The van der Waals surface area contributed by atoms with Crippen LogP contribution in [0.1, 0.15) is 28.9 Å². The Kier molecular flexibility index (Phi) is 4.73. The number of carbonyl (C=O) groups excluding carboxylic acids is 1. The van der Waals surface area contributed by atoms with E-state index < -0.39 is 0 Å². The Morgan fingerprint density at radius 1 is 1.22 bits per heavy atom. The summed E-state index contributed by atoms with van der Waals surface area (Å²) < 4.78 is 12.8. The van der Waals surface area contributed by atoms with Gasteiger partial charge in [-0.05, 0) is 30.0 Å². The molecule has 1 atom stereocenters. The molecule has 8 nitrogen and oxygen atoms in total. The summed E-state index contributed by atoms with van der Waals surface area (Å²) in [5.74, 6) is 3.35. The zero-order valence-electron chi connectivity index (χ0n) is 16.0. The fraction of sp³-hybridized carbons (Fsp3) is 0.526. The van der Waals surface area contributed by atoms with Crippen LogP contribution in [-0.4, -0.2) is 64.4 Å². The van der Waals surface area contributed by atoms with Gasteiger partial charge in [-0.15, -0.1) is 10.2 Å². The summed E-state index contributed by atoms with van der Waals surface area (Å²) >= 11 is 0. The number of hydrogen-bond donors (Lipinski definition) is 0. The van der Waals surface area contributed by atoms with Crippen LogP contribution >= 0.6 is 0 Å². The maximum absolute atomic E-state index is 12.2. The molecular formula is C19H25N5O3. The first-order valence-electron chi connectivity index (χ1n) is 9.26. The molecule has 1 unspecified atom stereocenters. The standard InChI is InChI=1S/C19H25N5O3/c1-13(8-14-4-5-15-16(9-14)27-12-26-15)10-23-6-7-24-17(11-23)20-21-18(24)19(25)22(2)3/h4-5,9,13H,6-8,10-12H2,1-3H3. The van der Waals surface area contributed by atoms with Gasteiger partial charge in [0.25, 0.3) is 5.91 Å². The highest BCUT2D eigenvalue weighted by molar-refractivity contribution is 5.90. The van der Waals surface area contributed by atoms with E-state index in [2.05, 4.69) is 34.2 Å². The quantitative estimate of drug-likeness (QED) is 0.791. The molecule has 0 spiro atoms. The molecule has 0 aliphatic carbocycles. The molecule has 27 heavy (non-hydrogen) atoms. The number of aromatic nitrogens is 3. The molecule has 1 aromatic heterocycles. The van der Waals surface area contributed by atoms with Crippen molar-refractivity contribution in [1.82, 2.24) is 24.6 Å². The van der Waals surface area contributed by atoms with E-state index in [1.165, 1.54) is 10.5 Å². The van der Waals surface area contributed by atoms with Crippen molar-refractivity contribution in [2.24, 2.45) is 5.92 Å². The van der Waals surface area contributed by atoms with Crippen LogP contribution in [0.3, 0.4) is 0 Å². The van der Waals surface area contributed by atoms with Crippen LogP contribution in [0.25, 0.3) is 0 Å². The van der Waals surface area contributed by atoms with Crippen molar-refractivity contribution in [1.29, 1.82) is 0 Å². The van der Waals surface area contributed by atoms with Crippen molar-refractivity contribution in [2.75, 3.05) is 34.0 Å². The van der Waals surface area contributed by atoms with Gasteiger partial charge in [-0.3, -0.25) is 9.69 Å². The number of ether oxygens (including phenoxy) is 2. The lowest BCUT2D eigenvalue weighted by Crippen LogP contribution is -2.38. The highest BCUT2D eigenvalue weighted by Crippen LogP contribution is 2.33. The second kappa shape index (κ2) is 7.19. The molecule has 0 saturated heterocycles. The minimum absolute atomic E-state index is 0.0987. The first-order valence-corrected chi connectivity index (χ1v) is 9.26. The minimum Gasteiger partial charge on any atom is -0.454 e. The Morgan fingerprint density at radius 3 is 2.85 bits per heavy atom. The van der Waals surface area contributed by atoms with E-state index in [1.54, 1.807) is 14.1 Å². The van der Waals surface area contributed by atoms with E-state index in [0.29, 0.717) is 18.5 Å². The average molecular weight is 371 g/mol. The number of fused-ring (bicyclic) bond motifs is 2. The Balaban J connectivity index is 1.36. The van der Waals surface area contributed by atoms with Crippen molar-refractivity contribution in [3.63, 3.8) is 0 Å². The monoisotopic (exact) mass is 371 g/mol. The van der Waals surface area contributed by atoms with Gasteiger partial charge in [0.15, 0.2) is 11.5 Å². The molecule has 0 N–H and O–H groups in total. The average Bonchev–Trinajstić information content (AvgIpc) is 3.26. The normalized spacial score (nSPS) is 16.9. The minimum atomic E-state index is -0.0987. The van der Waals surface area contributed by atoms with Crippen molar-refractivity contribution in [2.45, 2.75) is 26.4 Å². The van der Waals surface area contributed by atoms with Crippen LogP contribution in [0.4, 0.5) is 0 Å². The summed E-state index contributed by atoms with van der Waals surface area (Å²) in [4.78, 5) is 16.1.